The molecule has 0 amide bonds. The SMILES string of the molecule is CCCCCCCCCCCCOC(=O)C(C)N.OCCN(CCO)CCO. The van der Waals surface area contributed by atoms with Crippen molar-refractivity contribution in [2.45, 2.75) is 84.1 Å². The Morgan fingerprint density at radius 3 is 1.57 bits per heavy atom. The first-order chi connectivity index (χ1) is 13.5. The Morgan fingerprint density at radius 2 is 1.21 bits per heavy atom. The lowest BCUT2D eigenvalue weighted by Gasteiger charge is -2.17. The van der Waals surface area contributed by atoms with Gasteiger partial charge in [-0.05, 0) is 13.3 Å². The molecule has 0 saturated heterocycles. The van der Waals surface area contributed by atoms with Crippen LogP contribution in [0, 0.1) is 0 Å². The van der Waals surface area contributed by atoms with Gasteiger partial charge in [-0.25, -0.2) is 0 Å². The fraction of sp³-hybridized carbons (Fsp3) is 0.952. The topological polar surface area (TPSA) is 116 Å². The van der Waals surface area contributed by atoms with Crippen LogP contribution in [0.4, 0.5) is 0 Å². The van der Waals surface area contributed by atoms with Crippen LogP contribution < -0.4 is 5.73 Å². The standard InChI is InChI=1S/C15H31NO2.C6H15NO3/c1-3-4-5-6-7-8-9-10-11-12-13-18-15(17)14(2)16;8-4-1-7(2-5-9)3-6-10/h14H,3-13,16H2,1-2H3;8-10H,1-6H2. The second kappa shape index (κ2) is 24.3. The molecule has 0 aliphatic heterocycles. The van der Waals surface area contributed by atoms with Crippen LogP contribution in [-0.2, 0) is 9.53 Å². The molecule has 0 aromatic rings. The molecule has 0 saturated carbocycles. The van der Waals surface area contributed by atoms with Crippen molar-refractivity contribution < 1.29 is 24.9 Å². The molecule has 7 heteroatoms. The van der Waals surface area contributed by atoms with Crippen molar-refractivity contribution in [1.82, 2.24) is 4.90 Å². The molecule has 0 fully saturated rings. The third-order valence-electron chi connectivity index (χ3n) is 4.36. The number of unbranched alkanes of at least 4 members (excludes halogenated alkanes) is 9. The molecule has 0 radical (unpaired) electrons. The van der Waals surface area contributed by atoms with Crippen LogP contribution in [0.2, 0.25) is 0 Å². The van der Waals surface area contributed by atoms with E-state index in [4.69, 9.17) is 25.8 Å². The molecule has 0 aliphatic carbocycles. The quantitative estimate of drug-likeness (QED) is 0.203. The van der Waals surface area contributed by atoms with Gasteiger partial charge in [0.15, 0.2) is 0 Å². The van der Waals surface area contributed by atoms with Crippen molar-refractivity contribution in [3.05, 3.63) is 0 Å². The molecular weight excluding hydrogens is 360 g/mol. The highest BCUT2D eigenvalue weighted by molar-refractivity contribution is 5.74. The number of carbonyl (C=O) groups is 1. The molecule has 5 N–H and O–H groups in total. The minimum atomic E-state index is -0.492. The summed E-state index contributed by atoms with van der Waals surface area (Å²) in [7, 11) is 0. The van der Waals surface area contributed by atoms with Crippen molar-refractivity contribution in [2.75, 3.05) is 46.1 Å². The van der Waals surface area contributed by atoms with E-state index in [1.807, 2.05) is 0 Å². The van der Waals surface area contributed by atoms with Gasteiger partial charge in [0, 0.05) is 19.6 Å². The van der Waals surface area contributed by atoms with Crippen LogP contribution in [0.25, 0.3) is 0 Å². The molecule has 0 rings (SSSR count). The van der Waals surface area contributed by atoms with E-state index in [2.05, 4.69) is 6.92 Å². The normalized spacial score (nSPS) is 11.8. The van der Waals surface area contributed by atoms with Gasteiger partial charge in [0.25, 0.3) is 0 Å². The summed E-state index contributed by atoms with van der Waals surface area (Å²) >= 11 is 0. The summed E-state index contributed by atoms with van der Waals surface area (Å²) < 4.78 is 5.01. The van der Waals surface area contributed by atoms with Crippen LogP contribution in [-0.4, -0.2) is 78.3 Å². The second-order valence-electron chi connectivity index (χ2n) is 7.15. The molecule has 0 aromatic carbocycles. The Balaban J connectivity index is 0. The van der Waals surface area contributed by atoms with Crippen LogP contribution in [0.1, 0.15) is 78.1 Å². The van der Waals surface area contributed by atoms with Crippen LogP contribution in [0.15, 0.2) is 0 Å². The fourth-order valence-electron chi connectivity index (χ4n) is 2.65. The number of nitrogens with zero attached hydrogens (tertiary/aromatic N) is 1. The van der Waals surface area contributed by atoms with Gasteiger partial charge in [-0.2, -0.15) is 0 Å². The lowest BCUT2D eigenvalue weighted by Crippen LogP contribution is -2.32. The predicted octanol–water partition coefficient (Wildman–Crippen LogP) is 2.06. The Kier molecular flexibility index (Phi) is 25.6. The number of carbonyl (C=O) groups excluding carboxylic acids is 1. The molecule has 1 unspecified atom stereocenters. The molecule has 7 nitrogen and oxygen atoms in total. The molecule has 1 atom stereocenters. The zero-order chi connectivity index (χ0) is 21.5. The average molecular weight is 407 g/mol. The number of ether oxygens (including phenoxy) is 1. The van der Waals surface area contributed by atoms with E-state index in [0.717, 1.165) is 12.8 Å². The van der Waals surface area contributed by atoms with Crippen molar-refractivity contribution in [3.8, 4) is 0 Å². The van der Waals surface area contributed by atoms with Gasteiger partial charge >= 0.3 is 5.97 Å². The molecule has 0 bridgehead atoms. The Bertz CT molecular complexity index is 303. The molecular formula is C21H46N2O5. The van der Waals surface area contributed by atoms with Gasteiger partial charge < -0.3 is 25.8 Å². The van der Waals surface area contributed by atoms with E-state index in [1.54, 1.807) is 11.8 Å². The van der Waals surface area contributed by atoms with Gasteiger partial charge in [-0.15, -0.1) is 0 Å². The molecule has 0 aromatic heterocycles. The zero-order valence-electron chi connectivity index (χ0n) is 18.3. The highest BCUT2D eigenvalue weighted by Gasteiger charge is 2.07. The fourth-order valence-corrected chi connectivity index (χ4v) is 2.65. The summed E-state index contributed by atoms with van der Waals surface area (Å²) in [6.45, 7) is 6.18. The molecule has 170 valence electrons. The lowest BCUT2D eigenvalue weighted by atomic mass is 10.1. The highest BCUT2D eigenvalue weighted by atomic mass is 16.5. The number of aliphatic hydroxyl groups is 3. The van der Waals surface area contributed by atoms with Gasteiger partial charge in [0.2, 0.25) is 0 Å². The number of hydrogen-bond donors (Lipinski definition) is 4. The predicted molar refractivity (Wildman–Crippen MR) is 114 cm³/mol. The largest absolute Gasteiger partial charge is 0.465 e. The van der Waals surface area contributed by atoms with E-state index in [1.165, 1.54) is 51.4 Å². The number of nitrogens with two attached hydrogens (primary N) is 1. The summed E-state index contributed by atoms with van der Waals surface area (Å²) in [5.41, 5.74) is 5.39. The summed E-state index contributed by atoms with van der Waals surface area (Å²) in [5, 5.41) is 25.5. The smallest absolute Gasteiger partial charge is 0.322 e. The lowest BCUT2D eigenvalue weighted by molar-refractivity contribution is -0.144. The minimum absolute atomic E-state index is 0.0694. The van der Waals surface area contributed by atoms with Crippen LogP contribution >= 0.6 is 0 Å². The maximum Gasteiger partial charge on any atom is 0.322 e. The Hall–Kier alpha value is -0.730. The summed E-state index contributed by atoms with van der Waals surface area (Å²) in [6, 6.07) is -0.492. The number of esters is 1. The zero-order valence-corrected chi connectivity index (χ0v) is 18.3. The third kappa shape index (κ3) is 23.3. The van der Waals surface area contributed by atoms with Crippen molar-refractivity contribution >= 4 is 5.97 Å². The third-order valence-corrected chi connectivity index (χ3v) is 4.36. The number of aliphatic hydroxyl groups excluding tert-OH is 3. The number of rotatable bonds is 18. The van der Waals surface area contributed by atoms with Crippen LogP contribution in [0.5, 0.6) is 0 Å². The number of hydrogen-bond acceptors (Lipinski definition) is 7. The summed E-state index contributed by atoms with van der Waals surface area (Å²) in [6.07, 6.45) is 12.9. The first kappa shape index (κ1) is 29.5. The van der Waals surface area contributed by atoms with E-state index < -0.39 is 6.04 Å². The van der Waals surface area contributed by atoms with E-state index in [-0.39, 0.29) is 25.8 Å². The maximum atomic E-state index is 11.1. The van der Waals surface area contributed by atoms with Crippen LogP contribution in [0.3, 0.4) is 0 Å². The molecule has 0 spiro atoms. The van der Waals surface area contributed by atoms with Crippen molar-refractivity contribution in [1.29, 1.82) is 0 Å². The van der Waals surface area contributed by atoms with E-state index in [0.29, 0.717) is 26.2 Å². The summed E-state index contributed by atoms with van der Waals surface area (Å²) in [5.74, 6) is -0.286. The molecule has 28 heavy (non-hydrogen) atoms. The van der Waals surface area contributed by atoms with Crippen molar-refractivity contribution in [3.63, 3.8) is 0 Å². The monoisotopic (exact) mass is 406 g/mol. The minimum Gasteiger partial charge on any atom is -0.465 e. The van der Waals surface area contributed by atoms with E-state index >= 15 is 0 Å². The van der Waals surface area contributed by atoms with Gasteiger partial charge in [0.05, 0.1) is 26.4 Å². The van der Waals surface area contributed by atoms with Gasteiger partial charge in [0.1, 0.15) is 6.04 Å². The first-order valence-electron chi connectivity index (χ1n) is 11.0. The van der Waals surface area contributed by atoms with Gasteiger partial charge in [-0.3, -0.25) is 9.69 Å². The Morgan fingerprint density at radius 1 is 0.821 bits per heavy atom. The second-order valence-corrected chi connectivity index (χ2v) is 7.15. The van der Waals surface area contributed by atoms with E-state index in [9.17, 15) is 4.79 Å². The summed E-state index contributed by atoms with van der Waals surface area (Å²) in [4.78, 5) is 12.8. The maximum absolute atomic E-state index is 11.1. The first-order valence-corrected chi connectivity index (χ1v) is 11.0. The average Bonchev–Trinajstić information content (AvgIpc) is 2.67. The molecule has 0 heterocycles. The molecule has 0 aliphatic rings. The Labute approximate surface area is 172 Å². The van der Waals surface area contributed by atoms with Crippen molar-refractivity contribution in [2.24, 2.45) is 5.73 Å². The highest BCUT2D eigenvalue weighted by Crippen LogP contribution is 2.10. The van der Waals surface area contributed by atoms with Gasteiger partial charge in [-0.1, -0.05) is 64.7 Å².